The van der Waals surface area contributed by atoms with Crippen LogP contribution < -0.4 is 0 Å². The molecule has 3 nitrogen and oxygen atoms in total. The molecule has 4 aromatic rings. The van der Waals surface area contributed by atoms with E-state index in [0.29, 0.717) is 11.1 Å². The van der Waals surface area contributed by atoms with Crippen LogP contribution in [0, 0.1) is 5.82 Å². The normalized spacial score (nSPS) is 11.3. The molecule has 2 N–H and O–H groups in total. The van der Waals surface area contributed by atoms with Crippen LogP contribution in [0.2, 0.25) is 0 Å². The molecular weight excluding hydrogens is 283 g/mol. The first-order valence-corrected chi connectivity index (χ1v) is 6.77. The van der Waals surface area contributed by atoms with Crippen LogP contribution in [0.4, 0.5) is 4.39 Å². The van der Waals surface area contributed by atoms with Gasteiger partial charge in [0, 0.05) is 16.3 Å². The van der Waals surface area contributed by atoms with Crippen LogP contribution in [0.25, 0.3) is 33.1 Å². The fourth-order valence-corrected chi connectivity index (χ4v) is 2.68. The fraction of sp³-hybridized carbons (Fsp3) is 0. The molecule has 0 atom stereocenters. The van der Waals surface area contributed by atoms with Crippen molar-refractivity contribution in [1.29, 1.82) is 0 Å². The van der Waals surface area contributed by atoms with E-state index < -0.39 is 17.3 Å². The molecule has 4 rings (SSSR count). The highest BCUT2D eigenvalue weighted by Gasteiger charge is 2.15. The van der Waals surface area contributed by atoms with Crippen molar-refractivity contribution in [3.8, 4) is 22.6 Å². The number of hydrogen-bond acceptors (Lipinski definition) is 3. The molecule has 0 bridgehead atoms. The Balaban J connectivity index is 2.00. The Morgan fingerprint density at radius 2 is 1.59 bits per heavy atom. The van der Waals surface area contributed by atoms with Gasteiger partial charge >= 0.3 is 0 Å². The molecule has 0 aliphatic rings. The van der Waals surface area contributed by atoms with E-state index in [2.05, 4.69) is 0 Å². The minimum Gasteiger partial charge on any atom is -0.505 e. The van der Waals surface area contributed by atoms with Gasteiger partial charge in [0.1, 0.15) is 11.2 Å². The molecule has 0 amide bonds. The Morgan fingerprint density at radius 3 is 2.45 bits per heavy atom. The molecule has 0 fully saturated rings. The van der Waals surface area contributed by atoms with Crippen LogP contribution >= 0.6 is 0 Å². The molecule has 0 aliphatic heterocycles. The number of phenols is 2. The third-order valence-corrected chi connectivity index (χ3v) is 3.78. The quantitative estimate of drug-likeness (QED) is 0.530. The number of rotatable bonds is 1. The van der Waals surface area contributed by atoms with E-state index in [0.717, 1.165) is 21.9 Å². The smallest absolute Gasteiger partial charge is 0.206 e. The second kappa shape index (κ2) is 4.49. The van der Waals surface area contributed by atoms with Gasteiger partial charge in [-0.3, -0.25) is 0 Å². The van der Waals surface area contributed by atoms with E-state index in [1.165, 1.54) is 12.1 Å². The zero-order valence-corrected chi connectivity index (χ0v) is 11.4. The van der Waals surface area contributed by atoms with E-state index in [9.17, 15) is 14.6 Å². The molecule has 3 aromatic carbocycles. The SMILES string of the molecule is Oc1ccc(-c2ccc3oc4ccccc4c3c2)c(O)c1F. The van der Waals surface area contributed by atoms with Gasteiger partial charge in [0.25, 0.3) is 0 Å². The Hall–Kier alpha value is -3.01. The average Bonchev–Trinajstić information content (AvgIpc) is 2.91. The summed E-state index contributed by atoms with van der Waals surface area (Å²) in [6.45, 7) is 0. The number of halogens is 1. The number of hydrogen-bond donors (Lipinski definition) is 2. The van der Waals surface area contributed by atoms with Crippen molar-refractivity contribution >= 4 is 21.9 Å². The minimum absolute atomic E-state index is 0.322. The van der Waals surface area contributed by atoms with Gasteiger partial charge < -0.3 is 14.6 Å². The van der Waals surface area contributed by atoms with Crippen LogP contribution in [0.1, 0.15) is 0 Å². The largest absolute Gasteiger partial charge is 0.505 e. The molecule has 0 radical (unpaired) electrons. The molecule has 1 heterocycles. The Labute approximate surface area is 124 Å². The molecule has 0 unspecified atom stereocenters. The van der Waals surface area contributed by atoms with E-state index in [1.54, 1.807) is 12.1 Å². The van der Waals surface area contributed by atoms with Crippen LogP contribution in [-0.4, -0.2) is 10.2 Å². The number of benzene rings is 3. The maximum absolute atomic E-state index is 13.7. The highest BCUT2D eigenvalue weighted by molar-refractivity contribution is 6.06. The second-order valence-corrected chi connectivity index (χ2v) is 5.10. The number of fused-ring (bicyclic) bond motifs is 3. The minimum atomic E-state index is -1.02. The van der Waals surface area contributed by atoms with E-state index in [1.807, 2.05) is 30.3 Å². The molecule has 108 valence electrons. The lowest BCUT2D eigenvalue weighted by Crippen LogP contribution is -1.84. The summed E-state index contributed by atoms with van der Waals surface area (Å²) in [5.41, 5.74) is 2.47. The lowest BCUT2D eigenvalue weighted by Gasteiger charge is -2.07. The highest BCUT2D eigenvalue weighted by atomic mass is 19.1. The van der Waals surface area contributed by atoms with Gasteiger partial charge in [-0.1, -0.05) is 24.3 Å². The molecule has 0 saturated heterocycles. The monoisotopic (exact) mass is 294 g/mol. The molecule has 0 spiro atoms. The molecular formula is C18H11FO3. The summed E-state index contributed by atoms with van der Waals surface area (Å²) in [4.78, 5) is 0. The summed E-state index contributed by atoms with van der Waals surface area (Å²) in [7, 11) is 0. The van der Waals surface area contributed by atoms with Crippen molar-refractivity contribution in [2.45, 2.75) is 0 Å². The highest BCUT2D eigenvalue weighted by Crippen LogP contribution is 2.38. The third kappa shape index (κ3) is 1.74. The van der Waals surface area contributed by atoms with Crippen LogP contribution in [0.5, 0.6) is 11.5 Å². The van der Waals surface area contributed by atoms with Crippen molar-refractivity contribution in [2.75, 3.05) is 0 Å². The summed E-state index contributed by atoms with van der Waals surface area (Å²) in [5.74, 6) is -2.15. The van der Waals surface area contributed by atoms with Gasteiger partial charge in [-0.05, 0) is 35.9 Å². The van der Waals surface area contributed by atoms with Crippen molar-refractivity contribution in [3.63, 3.8) is 0 Å². The van der Waals surface area contributed by atoms with Crippen molar-refractivity contribution in [1.82, 2.24) is 0 Å². The van der Waals surface area contributed by atoms with Gasteiger partial charge in [0.05, 0.1) is 0 Å². The van der Waals surface area contributed by atoms with E-state index >= 15 is 0 Å². The Bertz CT molecular complexity index is 1020. The fourth-order valence-electron chi connectivity index (χ4n) is 2.68. The van der Waals surface area contributed by atoms with E-state index in [-0.39, 0.29) is 0 Å². The van der Waals surface area contributed by atoms with Crippen molar-refractivity contribution in [3.05, 3.63) is 60.4 Å². The van der Waals surface area contributed by atoms with E-state index in [4.69, 9.17) is 4.42 Å². The third-order valence-electron chi connectivity index (χ3n) is 3.78. The first-order chi connectivity index (χ1) is 10.6. The molecule has 1 aromatic heterocycles. The Morgan fingerprint density at radius 1 is 0.818 bits per heavy atom. The summed E-state index contributed by atoms with van der Waals surface area (Å²) >= 11 is 0. The molecule has 0 aliphatic carbocycles. The summed E-state index contributed by atoms with van der Waals surface area (Å²) in [6.07, 6.45) is 0. The topological polar surface area (TPSA) is 53.6 Å². The van der Waals surface area contributed by atoms with Crippen LogP contribution in [-0.2, 0) is 0 Å². The molecule has 22 heavy (non-hydrogen) atoms. The zero-order chi connectivity index (χ0) is 15.3. The lowest BCUT2D eigenvalue weighted by molar-refractivity contribution is 0.390. The van der Waals surface area contributed by atoms with Crippen molar-refractivity contribution < 1.29 is 19.0 Å². The first-order valence-electron chi connectivity index (χ1n) is 6.77. The van der Waals surface area contributed by atoms with Gasteiger partial charge in [0.2, 0.25) is 5.82 Å². The summed E-state index contributed by atoms with van der Waals surface area (Å²) in [6, 6.07) is 15.7. The lowest BCUT2D eigenvalue weighted by atomic mass is 10.0. The Kier molecular flexibility index (Phi) is 2.60. The summed E-state index contributed by atoms with van der Waals surface area (Å²) < 4.78 is 19.4. The van der Waals surface area contributed by atoms with Gasteiger partial charge in [-0.2, -0.15) is 4.39 Å². The molecule has 0 saturated carbocycles. The maximum Gasteiger partial charge on any atom is 0.206 e. The number of aromatic hydroxyl groups is 2. The zero-order valence-electron chi connectivity index (χ0n) is 11.4. The standard InChI is InChI=1S/C18H11FO3/c19-17-14(20)7-6-11(18(17)21)10-5-8-16-13(9-10)12-3-1-2-4-15(12)22-16/h1-9,20-21H. The molecule has 4 heteroatoms. The first kappa shape index (κ1) is 12.7. The predicted octanol–water partition coefficient (Wildman–Crippen LogP) is 4.80. The van der Waals surface area contributed by atoms with Crippen molar-refractivity contribution in [2.24, 2.45) is 0 Å². The number of phenolic OH excluding ortho intramolecular Hbond substituents is 2. The summed E-state index contributed by atoms with van der Waals surface area (Å²) in [5, 5.41) is 21.1. The van der Waals surface area contributed by atoms with Gasteiger partial charge in [-0.25, -0.2) is 0 Å². The van der Waals surface area contributed by atoms with Gasteiger partial charge in [0.15, 0.2) is 11.5 Å². The predicted molar refractivity (Wildman–Crippen MR) is 82.4 cm³/mol. The maximum atomic E-state index is 13.7. The number of para-hydroxylation sites is 1. The number of furan rings is 1. The van der Waals surface area contributed by atoms with Crippen LogP contribution in [0.3, 0.4) is 0 Å². The average molecular weight is 294 g/mol. The van der Waals surface area contributed by atoms with Gasteiger partial charge in [-0.15, -0.1) is 0 Å². The van der Waals surface area contributed by atoms with Crippen LogP contribution in [0.15, 0.2) is 59.0 Å². The second-order valence-electron chi connectivity index (χ2n) is 5.10.